The van der Waals surface area contributed by atoms with Crippen molar-refractivity contribution in [1.82, 2.24) is 14.4 Å². The van der Waals surface area contributed by atoms with Gasteiger partial charge in [-0.05, 0) is 24.1 Å². The Morgan fingerprint density at radius 2 is 1.85 bits per heavy atom. The first kappa shape index (κ1) is 18.2. The van der Waals surface area contributed by atoms with E-state index in [1.54, 1.807) is 4.90 Å². The summed E-state index contributed by atoms with van der Waals surface area (Å²) in [5, 5.41) is 0. The molecule has 26 heavy (non-hydrogen) atoms. The minimum absolute atomic E-state index is 0.0153. The fourth-order valence-electron chi connectivity index (χ4n) is 3.68. The molecule has 1 atom stereocenters. The molecule has 5 nitrogen and oxygen atoms in total. The van der Waals surface area contributed by atoms with Gasteiger partial charge in [0.1, 0.15) is 0 Å². The second-order valence-corrected chi connectivity index (χ2v) is 6.70. The monoisotopic (exact) mass is 353 g/mol. The zero-order valence-corrected chi connectivity index (χ0v) is 15.6. The number of aromatic nitrogens is 1. The molecular formula is C21H27N3O2. The standard InChI is InChI=1S/C21H27N3O2/c1-3-12-23(19(25)4-2)16-20(26)24-15-14-22-13-8-11-18(22)21(24)17-9-6-5-7-10-17/h5-11,13,21H,3-4,12,14-16H2,1-2H3. The van der Waals surface area contributed by atoms with Crippen molar-refractivity contribution in [1.29, 1.82) is 0 Å². The van der Waals surface area contributed by atoms with E-state index >= 15 is 0 Å². The van der Waals surface area contributed by atoms with Crippen molar-refractivity contribution in [3.63, 3.8) is 0 Å². The highest BCUT2D eigenvalue weighted by molar-refractivity contribution is 5.85. The third-order valence-electron chi connectivity index (χ3n) is 4.95. The number of rotatable bonds is 6. The average Bonchev–Trinajstić information content (AvgIpc) is 3.15. The summed E-state index contributed by atoms with van der Waals surface area (Å²) >= 11 is 0. The topological polar surface area (TPSA) is 45.6 Å². The minimum atomic E-state index is -0.104. The second kappa shape index (κ2) is 8.21. The van der Waals surface area contributed by atoms with Gasteiger partial charge in [0.05, 0.1) is 12.6 Å². The number of hydrogen-bond acceptors (Lipinski definition) is 2. The van der Waals surface area contributed by atoms with Crippen LogP contribution in [0.4, 0.5) is 0 Å². The molecule has 1 aromatic carbocycles. The maximum atomic E-state index is 13.1. The molecule has 0 spiro atoms. The third kappa shape index (κ3) is 3.66. The van der Waals surface area contributed by atoms with Gasteiger partial charge in [0.15, 0.2) is 0 Å². The van der Waals surface area contributed by atoms with Gasteiger partial charge in [-0.1, -0.05) is 44.2 Å². The number of amides is 2. The van der Waals surface area contributed by atoms with Gasteiger partial charge in [-0.2, -0.15) is 0 Å². The Balaban J connectivity index is 1.87. The van der Waals surface area contributed by atoms with E-state index in [1.807, 2.05) is 43.0 Å². The molecule has 0 saturated heterocycles. The molecule has 0 saturated carbocycles. The maximum absolute atomic E-state index is 13.1. The van der Waals surface area contributed by atoms with Crippen LogP contribution in [-0.2, 0) is 16.1 Å². The van der Waals surface area contributed by atoms with Crippen molar-refractivity contribution in [2.75, 3.05) is 19.6 Å². The van der Waals surface area contributed by atoms with Gasteiger partial charge in [-0.3, -0.25) is 9.59 Å². The fourth-order valence-corrected chi connectivity index (χ4v) is 3.68. The Morgan fingerprint density at radius 3 is 2.54 bits per heavy atom. The highest BCUT2D eigenvalue weighted by Gasteiger charge is 2.32. The highest BCUT2D eigenvalue weighted by atomic mass is 16.2. The predicted molar refractivity (Wildman–Crippen MR) is 102 cm³/mol. The van der Waals surface area contributed by atoms with E-state index in [1.165, 1.54) is 0 Å². The second-order valence-electron chi connectivity index (χ2n) is 6.70. The molecule has 5 heteroatoms. The molecule has 2 amide bonds. The summed E-state index contributed by atoms with van der Waals surface area (Å²) in [6, 6.07) is 14.1. The summed E-state index contributed by atoms with van der Waals surface area (Å²) in [5.41, 5.74) is 2.23. The summed E-state index contributed by atoms with van der Waals surface area (Å²) in [6.45, 7) is 6.09. The highest BCUT2D eigenvalue weighted by Crippen LogP contribution is 2.32. The molecule has 2 heterocycles. The zero-order chi connectivity index (χ0) is 18.5. The number of benzene rings is 1. The molecular weight excluding hydrogens is 326 g/mol. The fraction of sp³-hybridized carbons (Fsp3) is 0.429. The van der Waals surface area contributed by atoms with Crippen LogP contribution in [0.2, 0.25) is 0 Å². The van der Waals surface area contributed by atoms with Crippen LogP contribution in [0.3, 0.4) is 0 Å². The van der Waals surface area contributed by atoms with Crippen LogP contribution < -0.4 is 0 Å². The van der Waals surface area contributed by atoms with Crippen LogP contribution in [0, 0.1) is 0 Å². The van der Waals surface area contributed by atoms with Crippen LogP contribution in [0.15, 0.2) is 48.7 Å². The molecule has 1 aliphatic rings. The molecule has 0 aliphatic carbocycles. The van der Waals surface area contributed by atoms with E-state index in [0.29, 0.717) is 19.5 Å². The van der Waals surface area contributed by atoms with Gasteiger partial charge in [-0.25, -0.2) is 0 Å². The van der Waals surface area contributed by atoms with Crippen molar-refractivity contribution in [2.24, 2.45) is 0 Å². The minimum Gasteiger partial charge on any atom is -0.348 e. The molecule has 2 aromatic rings. The van der Waals surface area contributed by atoms with E-state index in [0.717, 1.165) is 24.2 Å². The van der Waals surface area contributed by atoms with Gasteiger partial charge in [0, 0.05) is 37.9 Å². The molecule has 1 aromatic heterocycles. The van der Waals surface area contributed by atoms with Gasteiger partial charge in [0.25, 0.3) is 0 Å². The van der Waals surface area contributed by atoms with E-state index in [-0.39, 0.29) is 24.4 Å². The summed E-state index contributed by atoms with van der Waals surface area (Å²) < 4.78 is 2.21. The van der Waals surface area contributed by atoms with Crippen LogP contribution >= 0.6 is 0 Å². The summed E-state index contributed by atoms with van der Waals surface area (Å²) in [6.07, 6.45) is 3.35. The lowest BCUT2D eigenvalue weighted by molar-refractivity contribution is -0.142. The van der Waals surface area contributed by atoms with Gasteiger partial charge in [-0.15, -0.1) is 0 Å². The number of nitrogens with zero attached hydrogens (tertiary/aromatic N) is 3. The van der Waals surface area contributed by atoms with Crippen LogP contribution in [0.25, 0.3) is 0 Å². The van der Waals surface area contributed by atoms with Crippen molar-refractivity contribution in [3.05, 3.63) is 59.9 Å². The molecule has 3 rings (SSSR count). The van der Waals surface area contributed by atoms with Crippen LogP contribution in [0.5, 0.6) is 0 Å². The smallest absolute Gasteiger partial charge is 0.243 e. The van der Waals surface area contributed by atoms with E-state index < -0.39 is 0 Å². The molecule has 0 radical (unpaired) electrons. The van der Waals surface area contributed by atoms with E-state index in [2.05, 4.69) is 29.0 Å². The molecule has 1 aliphatic heterocycles. The summed E-state index contributed by atoms with van der Waals surface area (Å²) in [7, 11) is 0. The van der Waals surface area contributed by atoms with Crippen LogP contribution in [0.1, 0.15) is 44.0 Å². The first-order chi connectivity index (χ1) is 12.7. The first-order valence-electron chi connectivity index (χ1n) is 9.43. The Morgan fingerprint density at radius 1 is 1.08 bits per heavy atom. The molecule has 0 N–H and O–H groups in total. The number of fused-ring (bicyclic) bond motifs is 1. The van der Waals surface area contributed by atoms with Crippen molar-refractivity contribution < 1.29 is 9.59 Å². The number of hydrogen-bond donors (Lipinski definition) is 0. The third-order valence-corrected chi connectivity index (χ3v) is 4.95. The van der Waals surface area contributed by atoms with Crippen LogP contribution in [-0.4, -0.2) is 45.8 Å². The lowest BCUT2D eigenvalue weighted by atomic mass is 10.00. The van der Waals surface area contributed by atoms with Crippen molar-refractivity contribution in [3.8, 4) is 0 Å². The molecule has 138 valence electrons. The Bertz CT molecular complexity index is 754. The van der Waals surface area contributed by atoms with E-state index in [4.69, 9.17) is 0 Å². The lowest BCUT2D eigenvalue weighted by Gasteiger charge is -2.38. The SMILES string of the molecule is CCCN(CC(=O)N1CCn2cccc2C1c1ccccc1)C(=O)CC. The molecule has 1 unspecified atom stereocenters. The van der Waals surface area contributed by atoms with E-state index in [9.17, 15) is 9.59 Å². The van der Waals surface area contributed by atoms with Gasteiger partial charge in [0.2, 0.25) is 11.8 Å². The quantitative estimate of drug-likeness (QED) is 0.801. The number of carbonyl (C=O) groups excluding carboxylic acids is 2. The predicted octanol–water partition coefficient (Wildman–Crippen LogP) is 3.07. The lowest BCUT2D eigenvalue weighted by Crippen LogP contribution is -2.48. The first-order valence-corrected chi connectivity index (χ1v) is 9.43. The summed E-state index contributed by atoms with van der Waals surface area (Å²) in [5.74, 6) is 0.0541. The van der Waals surface area contributed by atoms with Gasteiger partial charge >= 0.3 is 0 Å². The maximum Gasteiger partial charge on any atom is 0.243 e. The van der Waals surface area contributed by atoms with Gasteiger partial charge < -0.3 is 14.4 Å². The zero-order valence-electron chi connectivity index (χ0n) is 15.6. The molecule has 0 bridgehead atoms. The Kier molecular flexibility index (Phi) is 5.76. The largest absolute Gasteiger partial charge is 0.348 e. The summed E-state index contributed by atoms with van der Waals surface area (Å²) in [4.78, 5) is 28.9. The Hall–Kier alpha value is -2.56. The normalized spacial score (nSPS) is 16.2. The molecule has 0 fully saturated rings. The average molecular weight is 353 g/mol. The number of carbonyl (C=O) groups is 2. The Labute approximate surface area is 155 Å². The van der Waals surface area contributed by atoms with Crippen molar-refractivity contribution >= 4 is 11.8 Å². The van der Waals surface area contributed by atoms with Crippen molar-refractivity contribution in [2.45, 2.75) is 39.3 Å².